The molecule has 1 saturated heterocycles. The number of nitrogens with zero attached hydrogens (tertiary/aromatic N) is 6. The standard InChI is InChI=1S/C16H19Cl2N7/c1-2-3-6-19-14-20-12-10(17)9-11(18)13-21-15(24-7-4-5-8-24)23-16(22-14)25(12)13/h9H,2-8H2,1H3,(H,19,20,21,22,23). The number of rotatable bonds is 3. The summed E-state index contributed by atoms with van der Waals surface area (Å²) in [6.07, 6.45) is 4.38. The molecule has 4 rings (SSSR count). The van der Waals surface area contributed by atoms with Gasteiger partial charge >= 0.3 is 0 Å². The summed E-state index contributed by atoms with van der Waals surface area (Å²) in [4.78, 5) is 20.4. The van der Waals surface area contributed by atoms with E-state index in [1.54, 1.807) is 10.5 Å². The maximum Gasteiger partial charge on any atom is 0.250 e. The van der Waals surface area contributed by atoms with E-state index in [4.69, 9.17) is 23.2 Å². The van der Waals surface area contributed by atoms with Gasteiger partial charge in [0.15, 0.2) is 5.65 Å². The van der Waals surface area contributed by atoms with E-state index in [1.807, 2.05) is 0 Å². The van der Waals surface area contributed by atoms with Gasteiger partial charge in [-0.15, -0.1) is 0 Å². The molecule has 0 amide bonds. The lowest BCUT2D eigenvalue weighted by atomic mass is 10.3. The van der Waals surface area contributed by atoms with Gasteiger partial charge in [-0.25, -0.2) is 9.39 Å². The number of pyridine rings is 1. The van der Waals surface area contributed by atoms with Crippen molar-refractivity contribution < 1.29 is 0 Å². The third-order valence-corrected chi connectivity index (χ3v) is 4.91. The molecule has 2 aliphatic heterocycles. The van der Waals surface area contributed by atoms with Crippen LogP contribution in [-0.2, 0) is 0 Å². The quantitative estimate of drug-likeness (QED) is 0.830. The number of aliphatic imine (C=N–C) groups is 1. The summed E-state index contributed by atoms with van der Waals surface area (Å²) in [6.45, 7) is 4.75. The zero-order chi connectivity index (χ0) is 17.4. The summed E-state index contributed by atoms with van der Waals surface area (Å²) in [5, 5.41) is 4.27. The lowest BCUT2D eigenvalue weighted by Crippen LogP contribution is -2.37. The van der Waals surface area contributed by atoms with Crippen LogP contribution in [0.1, 0.15) is 32.6 Å². The first-order valence-corrected chi connectivity index (χ1v) is 9.33. The molecule has 4 heterocycles. The second kappa shape index (κ2) is 6.80. The van der Waals surface area contributed by atoms with E-state index in [1.165, 1.54) is 0 Å². The summed E-state index contributed by atoms with van der Waals surface area (Å²) in [6, 6.07) is 1.69. The normalized spacial score (nSPS) is 17.2. The van der Waals surface area contributed by atoms with Crippen molar-refractivity contribution in [2.24, 2.45) is 9.98 Å². The second-order valence-corrected chi connectivity index (χ2v) is 6.98. The van der Waals surface area contributed by atoms with Crippen molar-refractivity contribution in [3.05, 3.63) is 21.7 Å². The molecular formula is C16H19Cl2N7. The van der Waals surface area contributed by atoms with Gasteiger partial charge in [-0.3, -0.25) is 0 Å². The molecule has 0 unspecified atom stereocenters. The first-order chi connectivity index (χ1) is 12.2. The monoisotopic (exact) mass is 379 g/mol. The van der Waals surface area contributed by atoms with E-state index in [2.05, 4.69) is 37.1 Å². The van der Waals surface area contributed by atoms with E-state index >= 15 is 0 Å². The maximum atomic E-state index is 6.41. The predicted molar refractivity (Wildman–Crippen MR) is 99.9 cm³/mol. The number of hydrogen-bond acceptors (Lipinski definition) is 6. The third kappa shape index (κ3) is 3.06. The lowest BCUT2D eigenvalue weighted by Gasteiger charge is -2.26. The van der Waals surface area contributed by atoms with E-state index in [9.17, 15) is 0 Å². The fourth-order valence-corrected chi connectivity index (χ4v) is 3.56. The number of anilines is 1. The highest BCUT2D eigenvalue weighted by Crippen LogP contribution is 2.33. The molecule has 0 aromatic carbocycles. The van der Waals surface area contributed by atoms with Crippen LogP contribution in [0.3, 0.4) is 0 Å². The van der Waals surface area contributed by atoms with Crippen LogP contribution in [0.2, 0.25) is 10.0 Å². The van der Waals surface area contributed by atoms with Gasteiger partial charge in [-0.1, -0.05) is 36.5 Å². The van der Waals surface area contributed by atoms with Gasteiger partial charge < -0.3 is 10.2 Å². The van der Waals surface area contributed by atoms with Gasteiger partial charge in [0.1, 0.15) is 5.82 Å². The summed E-state index contributed by atoms with van der Waals surface area (Å²) >= 11 is 12.8. The molecule has 0 radical (unpaired) electrons. The molecule has 1 N–H and O–H groups in total. The molecule has 0 bridgehead atoms. The Morgan fingerprint density at radius 3 is 2.76 bits per heavy atom. The van der Waals surface area contributed by atoms with Gasteiger partial charge in [0.2, 0.25) is 17.5 Å². The topological polar surface area (TPSA) is 70.2 Å². The van der Waals surface area contributed by atoms with E-state index in [0.29, 0.717) is 39.6 Å². The molecule has 0 saturated carbocycles. The highest BCUT2D eigenvalue weighted by atomic mass is 35.5. The SMILES string of the molecule is CCCCN=c1nc2n3c(c(Cl)cc(Cl)c3n1)NC(N1CCCC1)=N2. The van der Waals surface area contributed by atoms with Crippen LogP contribution in [0, 0.1) is 0 Å². The highest BCUT2D eigenvalue weighted by Gasteiger charge is 2.25. The van der Waals surface area contributed by atoms with Crippen LogP contribution >= 0.6 is 23.2 Å². The molecule has 1 fully saturated rings. The van der Waals surface area contributed by atoms with Crippen LogP contribution in [0.4, 0.5) is 11.8 Å². The van der Waals surface area contributed by atoms with Crippen LogP contribution in [-0.4, -0.2) is 44.9 Å². The van der Waals surface area contributed by atoms with Gasteiger partial charge in [-0.05, 0) is 25.3 Å². The summed E-state index contributed by atoms with van der Waals surface area (Å²) in [5.41, 5.74) is 0.961. The van der Waals surface area contributed by atoms with Crippen molar-refractivity contribution in [2.45, 2.75) is 32.6 Å². The number of aromatic nitrogens is 3. The summed E-state index contributed by atoms with van der Waals surface area (Å²) < 4.78 is 1.75. The number of guanidine groups is 1. The maximum absolute atomic E-state index is 6.41. The van der Waals surface area contributed by atoms with E-state index in [-0.39, 0.29) is 0 Å². The van der Waals surface area contributed by atoms with Crippen molar-refractivity contribution in [3.63, 3.8) is 0 Å². The number of halogens is 2. The molecule has 0 atom stereocenters. The van der Waals surface area contributed by atoms with Crippen molar-refractivity contribution in [1.29, 1.82) is 0 Å². The zero-order valence-corrected chi connectivity index (χ0v) is 15.5. The average molecular weight is 380 g/mol. The molecule has 0 aliphatic carbocycles. The Labute approximate surface area is 155 Å². The van der Waals surface area contributed by atoms with E-state index < -0.39 is 0 Å². The van der Waals surface area contributed by atoms with Crippen LogP contribution in [0.5, 0.6) is 0 Å². The third-order valence-electron chi connectivity index (χ3n) is 4.34. The van der Waals surface area contributed by atoms with Crippen LogP contribution in [0.25, 0.3) is 5.65 Å². The Morgan fingerprint density at radius 1 is 1.20 bits per heavy atom. The molecule has 132 valence electrons. The average Bonchev–Trinajstić information content (AvgIpc) is 3.13. The summed E-state index contributed by atoms with van der Waals surface area (Å²) in [7, 11) is 0. The molecule has 2 aromatic rings. The molecule has 7 nitrogen and oxygen atoms in total. The number of nitrogens with one attached hydrogen (secondary N) is 1. The number of unbranched alkanes of at least 4 members (excludes halogenated alkanes) is 1. The van der Waals surface area contributed by atoms with Crippen molar-refractivity contribution in [2.75, 3.05) is 25.0 Å². The second-order valence-electron chi connectivity index (χ2n) is 6.16. The first kappa shape index (κ1) is 16.6. The van der Waals surface area contributed by atoms with Crippen molar-refractivity contribution in [1.82, 2.24) is 19.3 Å². The fraction of sp³-hybridized carbons (Fsp3) is 0.500. The predicted octanol–water partition coefficient (Wildman–Crippen LogP) is 3.25. The Hall–Kier alpha value is -1.86. The number of likely N-dealkylation sites (tertiary alicyclic amines) is 1. The minimum absolute atomic E-state index is 0.407. The smallest absolute Gasteiger partial charge is 0.250 e. The molecule has 0 spiro atoms. The minimum atomic E-state index is 0.407. The van der Waals surface area contributed by atoms with Gasteiger partial charge in [-0.2, -0.15) is 15.0 Å². The zero-order valence-electron chi connectivity index (χ0n) is 14.0. The number of hydrogen-bond donors (Lipinski definition) is 1. The first-order valence-electron chi connectivity index (χ1n) is 8.57. The van der Waals surface area contributed by atoms with Crippen molar-refractivity contribution in [3.8, 4) is 0 Å². The Morgan fingerprint density at radius 2 is 2.00 bits per heavy atom. The Balaban J connectivity index is 1.90. The molecular weight excluding hydrogens is 361 g/mol. The lowest BCUT2D eigenvalue weighted by molar-refractivity contribution is 0.516. The Bertz CT molecular complexity index is 913. The molecule has 9 heteroatoms. The van der Waals surface area contributed by atoms with Crippen LogP contribution < -0.4 is 10.9 Å². The van der Waals surface area contributed by atoms with Crippen LogP contribution in [0.15, 0.2) is 16.1 Å². The minimum Gasteiger partial charge on any atom is -0.342 e. The Kier molecular flexibility index (Phi) is 4.52. The van der Waals surface area contributed by atoms with Gasteiger partial charge in [0, 0.05) is 19.6 Å². The van der Waals surface area contributed by atoms with E-state index in [0.717, 1.165) is 44.7 Å². The van der Waals surface area contributed by atoms with Gasteiger partial charge in [0.05, 0.1) is 10.0 Å². The fourth-order valence-electron chi connectivity index (χ4n) is 3.03. The molecule has 2 aliphatic rings. The molecule has 2 aromatic heterocycles. The largest absolute Gasteiger partial charge is 0.342 e. The van der Waals surface area contributed by atoms with Crippen molar-refractivity contribution >= 4 is 46.6 Å². The molecule has 25 heavy (non-hydrogen) atoms. The highest BCUT2D eigenvalue weighted by molar-refractivity contribution is 6.38. The van der Waals surface area contributed by atoms with Gasteiger partial charge in [0.25, 0.3) is 0 Å². The summed E-state index contributed by atoms with van der Waals surface area (Å²) in [5.74, 6) is 1.95.